The molecule has 0 saturated carbocycles. The molecule has 6 rings (SSSR count). The lowest BCUT2D eigenvalue weighted by atomic mass is 10.0. The van der Waals surface area contributed by atoms with Gasteiger partial charge in [-0.25, -0.2) is 13.4 Å². The number of thiazole rings is 1. The minimum Gasteiger partial charge on any atom is -0.496 e. The summed E-state index contributed by atoms with van der Waals surface area (Å²) < 4.78 is 34.2. The SMILES string of the molecule is C=CCN(C(=O)c1cccc(S(=O)(=O)N2CCc3ccccc3C2)c1)c1nc(-c2ccc(OC)c3ccccc23)cs1. The van der Waals surface area contributed by atoms with Gasteiger partial charge in [-0.15, -0.1) is 17.9 Å². The van der Waals surface area contributed by atoms with Crippen LogP contribution in [0.1, 0.15) is 21.5 Å². The third-order valence-electron chi connectivity index (χ3n) is 7.47. The fourth-order valence-corrected chi connectivity index (χ4v) is 7.63. The van der Waals surface area contributed by atoms with Crippen molar-refractivity contribution >= 4 is 43.2 Å². The van der Waals surface area contributed by atoms with Gasteiger partial charge in [-0.1, -0.05) is 60.7 Å². The van der Waals surface area contributed by atoms with Crippen LogP contribution in [0.15, 0.2) is 108 Å². The molecule has 212 valence electrons. The zero-order valence-electron chi connectivity index (χ0n) is 23.1. The molecule has 1 aliphatic heterocycles. The number of benzene rings is 4. The number of aromatic nitrogens is 1. The normalized spacial score (nSPS) is 13.5. The van der Waals surface area contributed by atoms with E-state index in [4.69, 9.17) is 9.72 Å². The number of carbonyl (C=O) groups is 1. The molecule has 0 fully saturated rings. The average Bonchev–Trinajstić information content (AvgIpc) is 3.52. The molecule has 7 nitrogen and oxygen atoms in total. The summed E-state index contributed by atoms with van der Waals surface area (Å²) in [6.45, 7) is 4.74. The van der Waals surface area contributed by atoms with Crippen molar-refractivity contribution in [2.24, 2.45) is 0 Å². The molecule has 0 spiro atoms. The highest BCUT2D eigenvalue weighted by molar-refractivity contribution is 7.89. The van der Waals surface area contributed by atoms with Gasteiger partial charge in [0.05, 0.1) is 17.7 Å². The summed E-state index contributed by atoms with van der Waals surface area (Å²) in [6, 6.07) is 26.0. The Hall–Kier alpha value is -4.31. The number of rotatable bonds is 8. The molecular weight excluding hydrogens is 567 g/mol. The molecule has 0 saturated heterocycles. The fourth-order valence-electron chi connectivity index (χ4n) is 5.33. The summed E-state index contributed by atoms with van der Waals surface area (Å²) >= 11 is 1.35. The number of hydrogen-bond acceptors (Lipinski definition) is 6. The topological polar surface area (TPSA) is 79.8 Å². The van der Waals surface area contributed by atoms with E-state index >= 15 is 0 Å². The molecule has 0 radical (unpaired) electrons. The number of hydrogen-bond donors (Lipinski definition) is 0. The van der Waals surface area contributed by atoms with Gasteiger partial charge in [0.25, 0.3) is 5.91 Å². The Bertz CT molecular complexity index is 1920. The van der Waals surface area contributed by atoms with E-state index in [9.17, 15) is 13.2 Å². The molecule has 5 aromatic rings. The van der Waals surface area contributed by atoms with Crippen molar-refractivity contribution in [3.8, 4) is 17.0 Å². The molecular formula is C33H29N3O4S2. The predicted octanol–water partition coefficient (Wildman–Crippen LogP) is 6.55. The van der Waals surface area contributed by atoms with Crippen LogP contribution in [-0.2, 0) is 23.0 Å². The van der Waals surface area contributed by atoms with Crippen molar-refractivity contribution in [1.29, 1.82) is 0 Å². The number of anilines is 1. The van der Waals surface area contributed by atoms with Crippen LogP contribution >= 0.6 is 11.3 Å². The van der Waals surface area contributed by atoms with Gasteiger partial charge in [0.15, 0.2) is 5.13 Å². The molecule has 0 N–H and O–H groups in total. The summed E-state index contributed by atoms with van der Waals surface area (Å²) in [5.74, 6) is 0.424. The van der Waals surface area contributed by atoms with Crippen LogP contribution in [0.5, 0.6) is 5.75 Å². The van der Waals surface area contributed by atoms with E-state index < -0.39 is 10.0 Å². The van der Waals surface area contributed by atoms with Gasteiger partial charge in [-0.2, -0.15) is 4.31 Å². The molecule has 0 bridgehead atoms. The number of carbonyl (C=O) groups excluding carboxylic acids is 1. The third kappa shape index (κ3) is 5.11. The van der Waals surface area contributed by atoms with Crippen LogP contribution in [0.3, 0.4) is 0 Å². The summed E-state index contributed by atoms with van der Waals surface area (Å²) in [7, 11) is -2.16. The molecule has 0 aliphatic carbocycles. The predicted molar refractivity (Wildman–Crippen MR) is 168 cm³/mol. The second kappa shape index (κ2) is 11.5. The molecule has 4 aromatic carbocycles. The highest BCUT2D eigenvalue weighted by atomic mass is 32.2. The van der Waals surface area contributed by atoms with Crippen LogP contribution in [0.2, 0.25) is 0 Å². The smallest absolute Gasteiger partial charge is 0.260 e. The molecule has 2 heterocycles. The molecule has 1 aromatic heterocycles. The number of nitrogens with zero attached hydrogens (tertiary/aromatic N) is 3. The molecule has 9 heteroatoms. The average molecular weight is 596 g/mol. The second-order valence-corrected chi connectivity index (χ2v) is 12.7. The van der Waals surface area contributed by atoms with Crippen molar-refractivity contribution < 1.29 is 17.9 Å². The Morgan fingerprint density at radius 3 is 2.57 bits per heavy atom. The van der Waals surface area contributed by atoms with E-state index in [0.29, 0.717) is 24.6 Å². The Balaban J connectivity index is 1.30. The van der Waals surface area contributed by atoms with E-state index in [0.717, 1.165) is 33.3 Å². The minimum atomic E-state index is -3.80. The Labute approximate surface area is 249 Å². The Morgan fingerprint density at radius 1 is 1.02 bits per heavy atom. The fraction of sp³-hybridized carbons (Fsp3) is 0.152. The summed E-state index contributed by atoms with van der Waals surface area (Å²) in [5, 5.41) is 4.38. The van der Waals surface area contributed by atoms with E-state index in [2.05, 4.69) is 6.58 Å². The van der Waals surface area contributed by atoms with Gasteiger partial charge >= 0.3 is 0 Å². The van der Waals surface area contributed by atoms with Gasteiger partial charge in [0.1, 0.15) is 5.75 Å². The lowest BCUT2D eigenvalue weighted by Crippen LogP contribution is -2.36. The Kier molecular flexibility index (Phi) is 7.64. The minimum absolute atomic E-state index is 0.0933. The standard InChI is InChI=1S/C33H29N3O4S2/c1-3-18-36(33-34-30(22-41-33)28-15-16-31(40-2)29-14-7-6-13-27(28)29)32(37)24-11-8-12-26(20-24)42(38,39)35-19-17-23-9-4-5-10-25(23)21-35/h3-16,20,22H,1,17-19,21H2,2H3. The quantitative estimate of drug-likeness (QED) is 0.190. The summed E-state index contributed by atoms with van der Waals surface area (Å²) in [4.78, 5) is 20.3. The highest BCUT2D eigenvalue weighted by Gasteiger charge is 2.29. The largest absolute Gasteiger partial charge is 0.496 e. The molecule has 42 heavy (non-hydrogen) atoms. The van der Waals surface area contributed by atoms with Gasteiger partial charge in [0, 0.05) is 41.5 Å². The molecule has 1 amide bonds. The van der Waals surface area contributed by atoms with Crippen LogP contribution in [0.4, 0.5) is 5.13 Å². The molecule has 0 atom stereocenters. The maximum absolute atomic E-state index is 13.8. The number of methoxy groups -OCH3 is 1. The maximum atomic E-state index is 13.8. The van der Waals surface area contributed by atoms with Gasteiger partial charge in [0.2, 0.25) is 10.0 Å². The summed E-state index contributed by atoms with van der Waals surface area (Å²) in [6.07, 6.45) is 2.28. The Morgan fingerprint density at radius 2 is 1.79 bits per heavy atom. The first-order valence-corrected chi connectivity index (χ1v) is 15.8. The molecule has 1 aliphatic rings. The van der Waals surface area contributed by atoms with E-state index in [1.54, 1.807) is 31.4 Å². The number of amides is 1. The van der Waals surface area contributed by atoms with Gasteiger partial charge < -0.3 is 4.74 Å². The van der Waals surface area contributed by atoms with Crippen LogP contribution in [-0.4, -0.2) is 43.8 Å². The number of fused-ring (bicyclic) bond motifs is 2. The van der Waals surface area contributed by atoms with E-state index in [1.807, 2.05) is 66.0 Å². The van der Waals surface area contributed by atoms with Crippen molar-refractivity contribution in [3.05, 3.63) is 120 Å². The maximum Gasteiger partial charge on any atom is 0.260 e. The molecule has 0 unspecified atom stereocenters. The highest BCUT2D eigenvalue weighted by Crippen LogP contribution is 2.36. The third-order valence-corrected chi connectivity index (χ3v) is 10.2. The zero-order chi connectivity index (χ0) is 29.3. The number of ether oxygens (including phenoxy) is 1. The van der Waals surface area contributed by atoms with Crippen molar-refractivity contribution in [3.63, 3.8) is 0 Å². The summed E-state index contributed by atoms with van der Waals surface area (Å²) in [5.41, 5.74) is 4.09. The van der Waals surface area contributed by atoms with Crippen LogP contribution in [0, 0.1) is 0 Å². The van der Waals surface area contributed by atoms with Crippen LogP contribution < -0.4 is 9.64 Å². The second-order valence-electron chi connectivity index (χ2n) is 9.97. The first-order valence-electron chi connectivity index (χ1n) is 13.5. The van der Waals surface area contributed by atoms with E-state index in [-0.39, 0.29) is 22.9 Å². The first-order chi connectivity index (χ1) is 20.4. The van der Waals surface area contributed by atoms with Gasteiger partial charge in [-0.3, -0.25) is 9.69 Å². The lowest BCUT2D eigenvalue weighted by Gasteiger charge is -2.28. The van der Waals surface area contributed by atoms with Crippen molar-refractivity contribution in [1.82, 2.24) is 9.29 Å². The van der Waals surface area contributed by atoms with E-state index in [1.165, 1.54) is 32.2 Å². The van der Waals surface area contributed by atoms with Crippen molar-refractivity contribution in [2.75, 3.05) is 25.1 Å². The zero-order valence-corrected chi connectivity index (χ0v) is 24.7. The van der Waals surface area contributed by atoms with Gasteiger partial charge in [-0.05, 0) is 53.3 Å². The first kappa shape index (κ1) is 27.8. The van der Waals surface area contributed by atoms with Crippen molar-refractivity contribution in [2.45, 2.75) is 17.9 Å². The van der Waals surface area contributed by atoms with Crippen LogP contribution in [0.25, 0.3) is 22.0 Å². The lowest BCUT2D eigenvalue weighted by molar-refractivity contribution is 0.0989. The monoisotopic (exact) mass is 595 g/mol. The number of sulfonamides is 1.